The normalized spacial score (nSPS) is 52.0. The molecule has 2 saturated heterocycles. The van der Waals surface area contributed by atoms with Gasteiger partial charge in [0.05, 0.1) is 24.4 Å². The van der Waals surface area contributed by atoms with Crippen LogP contribution in [0.1, 0.15) is 19.8 Å². The number of fused-ring (bicyclic) bond motifs is 2. The molecule has 4 N–H and O–H groups in total. The van der Waals surface area contributed by atoms with E-state index in [1.165, 1.54) is 0 Å². The Hall–Kier alpha value is -0.610. The second-order valence-electron chi connectivity index (χ2n) is 6.30. The van der Waals surface area contributed by atoms with Gasteiger partial charge in [0.25, 0.3) is 5.79 Å². The maximum atomic E-state index is 12.2. The van der Waals surface area contributed by atoms with Gasteiger partial charge >= 0.3 is 0 Å². The molecule has 0 bridgehead atoms. The fourth-order valence-electron chi connectivity index (χ4n) is 3.61. The lowest BCUT2D eigenvalue weighted by Gasteiger charge is -2.54. The Morgan fingerprint density at radius 1 is 1.27 bits per heavy atom. The second kappa shape index (κ2) is 5.79. The van der Waals surface area contributed by atoms with Gasteiger partial charge in [-0.05, 0) is 27.4 Å². The average molecular weight is 316 g/mol. The van der Waals surface area contributed by atoms with E-state index in [1.807, 2.05) is 0 Å². The molecule has 3 aliphatic rings. The third-order valence-electron chi connectivity index (χ3n) is 4.85. The number of hydrogen-bond acceptors (Lipinski definition) is 8. The number of likely N-dealkylation sites (N-methyl/N-ethyl adjacent to an activating group) is 2. The van der Waals surface area contributed by atoms with Gasteiger partial charge in [-0.2, -0.15) is 0 Å². The van der Waals surface area contributed by atoms with E-state index in [4.69, 9.17) is 14.2 Å². The molecule has 0 spiro atoms. The summed E-state index contributed by atoms with van der Waals surface area (Å²) in [5, 5.41) is 27.0. The molecule has 8 heteroatoms. The topological polar surface area (TPSA) is 109 Å². The van der Waals surface area contributed by atoms with E-state index in [-0.39, 0.29) is 24.7 Å². The summed E-state index contributed by atoms with van der Waals surface area (Å²) in [7, 11) is 3.47. The van der Waals surface area contributed by atoms with E-state index in [0.717, 1.165) is 0 Å². The summed E-state index contributed by atoms with van der Waals surface area (Å²) in [5.41, 5.74) is 0. The summed E-state index contributed by atoms with van der Waals surface area (Å²) in [5.74, 6) is -2.55. The van der Waals surface area contributed by atoms with Crippen molar-refractivity contribution in [3.05, 3.63) is 0 Å². The molecule has 0 aromatic carbocycles. The van der Waals surface area contributed by atoms with Crippen LogP contribution in [-0.4, -0.2) is 78.7 Å². The number of ketones is 1. The van der Waals surface area contributed by atoms with Gasteiger partial charge < -0.3 is 35.1 Å². The van der Waals surface area contributed by atoms with Crippen molar-refractivity contribution in [2.45, 2.75) is 68.3 Å². The Balaban J connectivity index is 1.87. The second-order valence-corrected chi connectivity index (χ2v) is 6.30. The van der Waals surface area contributed by atoms with Crippen LogP contribution in [0.5, 0.6) is 0 Å². The summed E-state index contributed by atoms with van der Waals surface area (Å²) >= 11 is 0. The van der Waals surface area contributed by atoms with Crippen molar-refractivity contribution in [3.63, 3.8) is 0 Å². The third-order valence-corrected chi connectivity index (χ3v) is 4.85. The van der Waals surface area contributed by atoms with Crippen molar-refractivity contribution >= 4 is 5.78 Å². The van der Waals surface area contributed by atoms with Gasteiger partial charge in [-0.25, -0.2) is 0 Å². The highest BCUT2D eigenvalue weighted by atomic mass is 16.8. The van der Waals surface area contributed by atoms with E-state index >= 15 is 0 Å². The lowest BCUT2D eigenvalue weighted by molar-refractivity contribution is -0.411. The monoisotopic (exact) mass is 316 g/mol. The summed E-state index contributed by atoms with van der Waals surface area (Å²) < 4.78 is 17.1. The van der Waals surface area contributed by atoms with Gasteiger partial charge in [0.1, 0.15) is 6.10 Å². The molecular weight excluding hydrogens is 292 g/mol. The zero-order chi connectivity index (χ0) is 16.1. The highest BCUT2D eigenvalue weighted by Gasteiger charge is 2.61. The summed E-state index contributed by atoms with van der Waals surface area (Å²) in [6.45, 7) is 1.75. The molecule has 2 heterocycles. The minimum absolute atomic E-state index is 0.0691. The van der Waals surface area contributed by atoms with E-state index in [1.54, 1.807) is 21.0 Å². The Morgan fingerprint density at radius 3 is 2.64 bits per heavy atom. The number of aliphatic hydroxyl groups excluding tert-OH is 1. The maximum Gasteiger partial charge on any atom is 0.280 e. The van der Waals surface area contributed by atoms with Crippen LogP contribution in [-0.2, 0) is 19.0 Å². The fourth-order valence-corrected chi connectivity index (χ4v) is 3.61. The zero-order valence-corrected chi connectivity index (χ0v) is 13.0. The van der Waals surface area contributed by atoms with Crippen molar-refractivity contribution in [2.75, 3.05) is 14.1 Å². The minimum Gasteiger partial charge on any atom is -0.390 e. The standard InChI is InChI=1S/C14H24N2O6/c1-6-4-9(17)14(19)13(20-6)21-8-5-7(15-2)11(18)10(16-3)12(8)22-14/h6-8,10-13,15-16,18-19H,4-5H2,1-3H3/t6-,7+,8-,10+,11+,12+,13+,14+/m1/s1. The molecular formula is C14H24N2O6. The summed E-state index contributed by atoms with van der Waals surface area (Å²) in [6, 6.07) is -0.640. The van der Waals surface area contributed by atoms with Crippen LogP contribution in [0.4, 0.5) is 0 Å². The van der Waals surface area contributed by atoms with E-state index in [9.17, 15) is 15.0 Å². The maximum absolute atomic E-state index is 12.2. The van der Waals surface area contributed by atoms with Crippen molar-refractivity contribution in [2.24, 2.45) is 0 Å². The van der Waals surface area contributed by atoms with Crippen LogP contribution in [0.25, 0.3) is 0 Å². The number of carbonyl (C=O) groups excluding carboxylic acids is 1. The molecule has 0 amide bonds. The molecule has 2 aliphatic heterocycles. The van der Waals surface area contributed by atoms with Gasteiger partial charge in [-0.3, -0.25) is 4.79 Å². The Labute approximate surface area is 129 Å². The fraction of sp³-hybridized carbons (Fsp3) is 0.929. The molecule has 8 nitrogen and oxygen atoms in total. The Bertz CT molecular complexity index is 449. The number of aliphatic hydroxyl groups is 2. The molecule has 1 aliphatic carbocycles. The van der Waals surface area contributed by atoms with Gasteiger partial charge in [0.15, 0.2) is 5.78 Å². The van der Waals surface area contributed by atoms with Crippen LogP contribution in [0.15, 0.2) is 0 Å². The number of carbonyl (C=O) groups is 1. The SMILES string of the molecule is CN[C@H]1[C@@H](O)[C@@H](NC)C[C@H]2O[C@@H]3O[C@H](C)CC(=O)[C@]3(O)O[C@H]12. The van der Waals surface area contributed by atoms with Gasteiger partial charge in [-0.1, -0.05) is 0 Å². The van der Waals surface area contributed by atoms with Gasteiger partial charge in [0, 0.05) is 12.5 Å². The zero-order valence-electron chi connectivity index (χ0n) is 13.0. The number of nitrogens with one attached hydrogen (secondary N) is 2. The predicted octanol–water partition coefficient (Wildman–Crippen LogP) is -1.90. The molecule has 1 saturated carbocycles. The summed E-state index contributed by atoms with van der Waals surface area (Å²) in [4.78, 5) is 12.2. The van der Waals surface area contributed by atoms with Crippen LogP contribution in [0.3, 0.4) is 0 Å². The quantitative estimate of drug-likeness (QED) is 0.468. The number of ether oxygens (including phenoxy) is 3. The number of hydrogen-bond donors (Lipinski definition) is 4. The van der Waals surface area contributed by atoms with Crippen molar-refractivity contribution < 1.29 is 29.2 Å². The van der Waals surface area contributed by atoms with Crippen LogP contribution in [0, 0.1) is 0 Å². The van der Waals surface area contributed by atoms with Crippen molar-refractivity contribution in [1.82, 2.24) is 10.6 Å². The van der Waals surface area contributed by atoms with Gasteiger partial charge in [-0.15, -0.1) is 0 Å². The molecule has 8 atom stereocenters. The molecule has 126 valence electrons. The van der Waals surface area contributed by atoms with Crippen molar-refractivity contribution in [1.29, 1.82) is 0 Å². The first-order valence-electron chi connectivity index (χ1n) is 7.67. The molecule has 22 heavy (non-hydrogen) atoms. The number of Topliss-reactive ketones (excluding diaryl/α,β-unsaturated/α-hetero) is 1. The van der Waals surface area contributed by atoms with E-state index < -0.39 is 36.1 Å². The van der Waals surface area contributed by atoms with E-state index in [0.29, 0.717) is 6.42 Å². The lowest BCUT2D eigenvalue weighted by atomic mass is 9.82. The van der Waals surface area contributed by atoms with Crippen molar-refractivity contribution in [3.8, 4) is 0 Å². The third kappa shape index (κ3) is 2.39. The molecule has 0 radical (unpaired) electrons. The van der Waals surface area contributed by atoms with E-state index in [2.05, 4.69) is 10.6 Å². The summed E-state index contributed by atoms with van der Waals surface area (Å²) in [6.07, 6.45) is -2.63. The lowest BCUT2D eigenvalue weighted by Crippen LogP contribution is -2.73. The first-order valence-corrected chi connectivity index (χ1v) is 7.67. The average Bonchev–Trinajstić information content (AvgIpc) is 2.47. The molecule has 0 unspecified atom stereocenters. The van der Waals surface area contributed by atoms with Crippen LogP contribution >= 0.6 is 0 Å². The van der Waals surface area contributed by atoms with Crippen LogP contribution < -0.4 is 10.6 Å². The molecule has 0 aromatic heterocycles. The first-order chi connectivity index (χ1) is 10.4. The smallest absolute Gasteiger partial charge is 0.280 e. The Morgan fingerprint density at radius 2 is 2.00 bits per heavy atom. The predicted molar refractivity (Wildman–Crippen MR) is 75.0 cm³/mol. The minimum atomic E-state index is -2.10. The Kier molecular flexibility index (Phi) is 4.28. The molecule has 3 fully saturated rings. The van der Waals surface area contributed by atoms with Crippen LogP contribution in [0.2, 0.25) is 0 Å². The van der Waals surface area contributed by atoms with Gasteiger partial charge in [0.2, 0.25) is 6.29 Å². The number of rotatable bonds is 2. The molecule has 3 rings (SSSR count). The largest absolute Gasteiger partial charge is 0.390 e. The highest BCUT2D eigenvalue weighted by molar-refractivity contribution is 5.87. The highest BCUT2D eigenvalue weighted by Crippen LogP contribution is 2.39. The first kappa shape index (κ1) is 16.3. The molecule has 0 aromatic rings.